The lowest BCUT2D eigenvalue weighted by Gasteiger charge is -2.21. The molecule has 0 N–H and O–H groups in total. The number of nitrogens with zero attached hydrogens (tertiary/aromatic N) is 2. The highest BCUT2D eigenvalue weighted by Crippen LogP contribution is 2.37. The van der Waals surface area contributed by atoms with Crippen LogP contribution in [0.4, 0.5) is 20.2 Å². The van der Waals surface area contributed by atoms with Crippen LogP contribution >= 0.6 is 0 Å². The molecule has 4 rings (SSSR count). The minimum Gasteiger partial charge on any atom is -0.339 e. The summed E-state index contributed by atoms with van der Waals surface area (Å²) in [6.07, 6.45) is 0. The van der Waals surface area contributed by atoms with Crippen LogP contribution in [0.2, 0.25) is 0 Å². The van der Waals surface area contributed by atoms with Gasteiger partial charge in [0.2, 0.25) is 0 Å². The highest BCUT2D eigenvalue weighted by molar-refractivity contribution is 6.46. The van der Waals surface area contributed by atoms with Gasteiger partial charge < -0.3 is 4.90 Å². The maximum absolute atomic E-state index is 13.9. The number of imide groups is 1. The number of aryl methyl sites for hydroxylation is 2. The van der Waals surface area contributed by atoms with E-state index in [0.717, 1.165) is 28.2 Å². The summed E-state index contributed by atoms with van der Waals surface area (Å²) in [5, 5.41) is 0. The summed E-state index contributed by atoms with van der Waals surface area (Å²) in [5.41, 5.74) is 3.57. The van der Waals surface area contributed by atoms with Gasteiger partial charge >= 0.3 is 0 Å². The largest absolute Gasteiger partial charge is 0.339 e. The topological polar surface area (TPSA) is 40.6 Å². The maximum atomic E-state index is 13.9. The molecule has 1 aliphatic rings. The van der Waals surface area contributed by atoms with Gasteiger partial charge in [0.05, 0.1) is 11.3 Å². The second-order valence-electron chi connectivity index (χ2n) is 7.48. The Labute approximate surface area is 179 Å². The molecule has 31 heavy (non-hydrogen) atoms. The lowest BCUT2D eigenvalue weighted by molar-refractivity contribution is -0.120. The van der Waals surface area contributed by atoms with Crippen LogP contribution in [-0.4, -0.2) is 18.9 Å². The first kappa shape index (κ1) is 20.5. The van der Waals surface area contributed by atoms with Gasteiger partial charge in [0.1, 0.15) is 5.70 Å². The van der Waals surface area contributed by atoms with Gasteiger partial charge in [0.25, 0.3) is 11.8 Å². The molecule has 3 aromatic rings. The van der Waals surface area contributed by atoms with Crippen molar-refractivity contribution >= 4 is 28.8 Å². The van der Waals surface area contributed by atoms with Crippen molar-refractivity contribution in [1.29, 1.82) is 0 Å². The van der Waals surface area contributed by atoms with Gasteiger partial charge in [-0.25, -0.2) is 13.7 Å². The molecule has 156 valence electrons. The van der Waals surface area contributed by atoms with E-state index >= 15 is 0 Å². The highest BCUT2D eigenvalue weighted by atomic mass is 19.2. The fourth-order valence-electron chi connectivity index (χ4n) is 3.81. The van der Waals surface area contributed by atoms with Gasteiger partial charge in [0.15, 0.2) is 11.6 Å². The molecule has 6 heteroatoms. The average molecular weight is 418 g/mol. The molecule has 0 unspecified atom stereocenters. The Morgan fingerprint density at radius 1 is 0.806 bits per heavy atom. The summed E-state index contributed by atoms with van der Waals surface area (Å²) in [6, 6.07) is 17.7. The van der Waals surface area contributed by atoms with Crippen LogP contribution in [0.25, 0.3) is 5.57 Å². The van der Waals surface area contributed by atoms with Crippen LogP contribution in [0.15, 0.2) is 72.4 Å². The fourth-order valence-corrected chi connectivity index (χ4v) is 3.81. The maximum Gasteiger partial charge on any atom is 0.282 e. The van der Waals surface area contributed by atoms with Gasteiger partial charge in [-0.3, -0.25) is 9.59 Å². The van der Waals surface area contributed by atoms with E-state index in [4.69, 9.17) is 0 Å². The molecule has 3 aromatic carbocycles. The van der Waals surface area contributed by atoms with Gasteiger partial charge in [-0.15, -0.1) is 0 Å². The third-order valence-corrected chi connectivity index (χ3v) is 5.35. The van der Waals surface area contributed by atoms with Gasteiger partial charge in [-0.1, -0.05) is 42.0 Å². The molecule has 4 nitrogen and oxygen atoms in total. The van der Waals surface area contributed by atoms with Gasteiger partial charge in [-0.05, 0) is 49.2 Å². The monoisotopic (exact) mass is 418 g/mol. The zero-order valence-electron chi connectivity index (χ0n) is 17.3. The number of amides is 2. The lowest BCUT2D eigenvalue weighted by Crippen LogP contribution is -2.34. The van der Waals surface area contributed by atoms with Crippen LogP contribution in [-0.2, 0) is 9.59 Å². The summed E-state index contributed by atoms with van der Waals surface area (Å²) in [4.78, 5) is 29.5. The van der Waals surface area contributed by atoms with Crippen molar-refractivity contribution in [2.24, 2.45) is 0 Å². The Kier molecular flexibility index (Phi) is 5.15. The van der Waals surface area contributed by atoms with Crippen molar-refractivity contribution in [3.63, 3.8) is 0 Å². The van der Waals surface area contributed by atoms with E-state index in [9.17, 15) is 18.4 Å². The minimum atomic E-state index is -1.13. The summed E-state index contributed by atoms with van der Waals surface area (Å²) in [5.74, 6) is -3.36. The lowest BCUT2D eigenvalue weighted by atomic mass is 9.97. The van der Waals surface area contributed by atoms with Crippen molar-refractivity contribution < 1.29 is 18.4 Å². The number of halogens is 2. The SMILES string of the molecule is Cc1ccc(C2=C(N(C)c3ccccc3)C(=O)N(c3ccc(F)c(F)c3)C2=O)c(C)c1. The standard InChI is InChI=1S/C25H20F2N2O2/c1-15-9-11-19(16(2)13-15)22-23(28(3)17-7-5-4-6-8-17)25(31)29(24(22)30)18-10-12-20(26)21(27)14-18/h4-14H,1-3H3. The number of carbonyl (C=O) groups is 2. The molecule has 0 radical (unpaired) electrons. The number of rotatable bonds is 4. The molecule has 2 amide bonds. The Morgan fingerprint density at radius 3 is 2.16 bits per heavy atom. The predicted octanol–water partition coefficient (Wildman–Crippen LogP) is 5.00. The Morgan fingerprint density at radius 2 is 1.52 bits per heavy atom. The summed E-state index contributed by atoms with van der Waals surface area (Å²) in [6.45, 7) is 3.81. The molecule has 0 saturated carbocycles. The fraction of sp³-hybridized carbons (Fsp3) is 0.120. The van der Waals surface area contributed by atoms with E-state index in [-0.39, 0.29) is 17.0 Å². The van der Waals surface area contributed by atoms with E-state index in [1.54, 1.807) is 18.0 Å². The molecule has 0 fully saturated rings. The molecule has 0 aromatic heterocycles. The second-order valence-corrected chi connectivity index (χ2v) is 7.48. The number of benzene rings is 3. The molecule has 0 saturated heterocycles. The molecular weight excluding hydrogens is 398 g/mol. The quantitative estimate of drug-likeness (QED) is 0.560. The molecule has 1 heterocycles. The van der Waals surface area contributed by atoms with E-state index in [1.807, 2.05) is 56.3 Å². The summed E-state index contributed by atoms with van der Waals surface area (Å²) in [7, 11) is 1.70. The molecule has 0 bridgehead atoms. The van der Waals surface area contributed by atoms with Gasteiger partial charge in [-0.2, -0.15) is 0 Å². The third kappa shape index (κ3) is 3.50. The van der Waals surface area contributed by atoms with Crippen molar-refractivity contribution in [2.45, 2.75) is 13.8 Å². The van der Waals surface area contributed by atoms with Gasteiger partial charge in [0, 0.05) is 18.8 Å². The van der Waals surface area contributed by atoms with Crippen molar-refractivity contribution in [1.82, 2.24) is 0 Å². The number of hydrogen-bond donors (Lipinski definition) is 0. The van der Waals surface area contributed by atoms with Crippen molar-refractivity contribution in [3.05, 3.63) is 101 Å². The molecule has 1 aliphatic heterocycles. The molecule has 0 aliphatic carbocycles. The predicted molar refractivity (Wildman–Crippen MR) is 117 cm³/mol. The molecule has 0 atom stereocenters. The van der Waals surface area contributed by atoms with Crippen LogP contribution in [0.3, 0.4) is 0 Å². The minimum absolute atomic E-state index is 0.0207. The molecular formula is C25H20F2N2O2. The number of anilines is 2. The second kappa shape index (κ2) is 7.80. The summed E-state index contributed by atoms with van der Waals surface area (Å²) < 4.78 is 27.3. The van der Waals surface area contributed by atoms with E-state index in [2.05, 4.69) is 0 Å². The normalized spacial score (nSPS) is 13.9. The van der Waals surface area contributed by atoms with Crippen LogP contribution in [0.1, 0.15) is 16.7 Å². The number of hydrogen-bond acceptors (Lipinski definition) is 3. The zero-order valence-corrected chi connectivity index (χ0v) is 17.3. The number of likely N-dealkylation sites (N-methyl/N-ethyl adjacent to an activating group) is 1. The first-order valence-corrected chi connectivity index (χ1v) is 9.74. The van der Waals surface area contributed by atoms with Crippen LogP contribution in [0, 0.1) is 25.5 Å². The van der Waals surface area contributed by atoms with E-state index in [0.29, 0.717) is 11.3 Å². The van der Waals surface area contributed by atoms with Crippen molar-refractivity contribution in [3.8, 4) is 0 Å². The first-order valence-electron chi connectivity index (χ1n) is 9.74. The highest BCUT2D eigenvalue weighted by Gasteiger charge is 2.42. The van der Waals surface area contributed by atoms with Crippen LogP contribution in [0.5, 0.6) is 0 Å². The van der Waals surface area contributed by atoms with E-state index in [1.165, 1.54) is 6.07 Å². The van der Waals surface area contributed by atoms with E-state index < -0.39 is 23.4 Å². The molecule has 0 spiro atoms. The average Bonchev–Trinajstić information content (AvgIpc) is 3.00. The number of para-hydroxylation sites is 1. The summed E-state index contributed by atoms with van der Waals surface area (Å²) >= 11 is 0. The smallest absolute Gasteiger partial charge is 0.282 e. The Bertz CT molecular complexity index is 1240. The Hall–Kier alpha value is -3.80. The van der Waals surface area contributed by atoms with Crippen LogP contribution < -0.4 is 9.80 Å². The third-order valence-electron chi connectivity index (χ3n) is 5.35. The Balaban J connectivity index is 1.92. The zero-order chi connectivity index (χ0) is 22.3. The van der Waals surface area contributed by atoms with Crippen molar-refractivity contribution in [2.75, 3.05) is 16.8 Å². The number of carbonyl (C=O) groups excluding carboxylic acids is 2. The first-order chi connectivity index (χ1) is 14.8.